The number of primary amides is 1. The maximum absolute atomic E-state index is 13.4. The van der Waals surface area contributed by atoms with Crippen LogP contribution in [0, 0.1) is 5.82 Å². The van der Waals surface area contributed by atoms with Crippen LogP contribution < -0.4 is 11.1 Å². The zero-order valence-corrected chi connectivity index (χ0v) is 13.1. The van der Waals surface area contributed by atoms with Crippen LogP contribution in [-0.4, -0.2) is 16.1 Å². The summed E-state index contributed by atoms with van der Waals surface area (Å²) in [5.41, 5.74) is 5.41. The van der Waals surface area contributed by atoms with E-state index < -0.39 is 11.7 Å². The molecule has 3 rings (SSSR count). The average Bonchev–Trinajstić information content (AvgIpc) is 3.15. The van der Waals surface area contributed by atoms with Gasteiger partial charge in [0.2, 0.25) is 5.89 Å². The van der Waals surface area contributed by atoms with Crippen LogP contribution in [0.25, 0.3) is 11.7 Å². The lowest BCUT2D eigenvalue weighted by Crippen LogP contribution is -2.13. The average molecular weight is 381 g/mol. The normalized spacial score (nSPS) is 10.7. The summed E-state index contributed by atoms with van der Waals surface area (Å²) in [6, 6.07) is 7.35. The summed E-state index contributed by atoms with van der Waals surface area (Å²) in [6.07, 6.45) is 0. The third kappa shape index (κ3) is 3.39. The van der Waals surface area contributed by atoms with E-state index in [1.165, 1.54) is 12.1 Å². The lowest BCUT2D eigenvalue weighted by atomic mass is 10.2. The molecule has 0 radical (unpaired) electrons. The van der Waals surface area contributed by atoms with E-state index in [0.29, 0.717) is 22.0 Å². The number of carbonyl (C=O) groups excluding carboxylic acids is 1. The van der Waals surface area contributed by atoms with Crippen LogP contribution in [0.5, 0.6) is 0 Å². The van der Waals surface area contributed by atoms with Crippen molar-refractivity contribution in [3.05, 3.63) is 52.3 Å². The first-order valence-corrected chi connectivity index (χ1v) is 7.23. The summed E-state index contributed by atoms with van der Waals surface area (Å²) in [5, 5.41) is 10.7. The van der Waals surface area contributed by atoms with Gasteiger partial charge in [0.15, 0.2) is 10.4 Å². The Morgan fingerprint density at radius 2 is 2.09 bits per heavy atom. The molecule has 2 heterocycles. The van der Waals surface area contributed by atoms with Crippen molar-refractivity contribution in [2.24, 2.45) is 5.73 Å². The van der Waals surface area contributed by atoms with E-state index in [4.69, 9.17) is 14.6 Å². The van der Waals surface area contributed by atoms with Crippen molar-refractivity contribution in [2.75, 3.05) is 5.32 Å². The number of nitrogens with one attached hydrogen (secondary N) is 1. The van der Waals surface area contributed by atoms with Gasteiger partial charge in [0, 0.05) is 5.69 Å². The topological polar surface area (TPSA) is 107 Å². The van der Waals surface area contributed by atoms with Gasteiger partial charge in [-0.05, 0) is 46.3 Å². The van der Waals surface area contributed by atoms with Gasteiger partial charge < -0.3 is 19.9 Å². The number of rotatable bonds is 5. The summed E-state index contributed by atoms with van der Waals surface area (Å²) >= 11 is 3.18. The van der Waals surface area contributed by atoms with Gasteiger partial charge in [-0.25, -0.2) is 4.39 Å². The van der Waals surface area contributed by atoms with E-state index in [9.17, 15) is 9.18 Å². The minimum absolute atomic E-state index is 0.193. The molecule has 0 aliphatic rings. The van der Waals surface area contributed by atoms with Gasteiger partial charge in [0.25, 0.3) is 11.8 Å². The Kier molecular flexibility index (Phi) is 4.11. The predicted molar refractivity (Wildman–Crippen MR) is 81.9 cm³/mol. The number of halogens is 2. The molecule has 0 spiro atoms. The molecule has 23 heavy (non-hydrogen) atoms. The Labute approximate surface area is 137 Å². The Bertz CT molecular complexity index is 861. The molecule has 0 aliphatic carbocycles. The molecule has 0 fully saturated rings. The van der Waals surface area contributed by atoms with Crippen molar-refractivity contribution in [1.29, 1.82) is 0 Å². The second-order valence-electron chi connectivity index (χ2n) is 4.52. The first-order valence-electron chi connectivity index (χ1n) is 6.44. The maximum atomic E-state index is 13.4. The molecule has 0 unspecified atom stereocenters. The Balaban J connectivity index is 1.70. The van der Waals surface area contributed by atoms with Crippen LogP contribution in [0.4, 0.5) is 10.1 Å². The molecule has 0 atom stereocenters. The highest BCUT2D eigenvalue weighted by molar-refractivity contribution is 9.10. The highest BCUT2D eigenvalue weighted by Crippen LogP contribution is 2.24. The monoisotopic (exact) mass is 380 g/mol. The van der Waals surface area contributed by atoms with Gasteiger partial charge in [-0.15, -0.1) is 10.2 Å². The highest BCUT2D eigenvalue weighted by Gasteiger charge is 2.13. The molecular formula is C14H10BrFN4O3. The number of anilines is 1. The molecule has 0 bridgehead atoms. The van der Waals surface area contributed by atoms with Gasteiger partial charge in [0.1, 0.15) is 5.82 Å². The van der Waals surface area contributed by atoms with Crippen LogP contribution in [0.3, 0.4) is 0 Å². The smallest absolute Gasteiger partial charge is 0.283 e. The molecule has 9 heteroatoms. The van der Waals surface area contributed by atoms with Crippen molar-refractivity contribution in [2.45, 2.75) is 6.54 Å². The first kappa shape index (κ1) is 15.2. The molecule has 7 nitrogen and oxygen atoms in total. The molecule has 3 N–H and O–H groups in total. The Morgan fingerprint density at radius 3 is 2.78 bits per heavy atom. The standard InChI is InChI=1S/C14H10BrFN4O3/c15-11-4-3-10(22-11)14-20-19-12(23-14)6-18-7-1-2-9(16)8(5-7)13(17)21/h1-5,18H,6H2,(H2,17,21). The minimum Gasteiger partial charge on any atom is -0.444 e. The van der Waals surface area contributed by atoms with Crippen LogP contribution in [-0.2, 0) is 6.54 Å². The molecule has 2 aromatic heterocycles. The first-order chi connectivity index (χ1) is 11.0. The van der Waals surface area contributed by atoms with Crippen LogP contribution >= 0.6 is 15.9 Å². The Hall–Kier alpha value is -2.68. The third-order valence-corrected chi connectivity index (χ3v) is 3.35. The van der Waals surface area contributed by atoms with Crippen molar-refractivity contribution in [3.63, 3.8) is 0 Å². The summed E-state index contributed by atoms with van der Waals surface area (Å²) < 4.78 is 24.7. The molecule has 0 saturated heterocycles. The fraction of sp³-hybridized carbons (Fsp3) is 0.0714. The lowest BCUT2D eigenvalue weighted by molar-refractivity contribution is 0.0996. The number of hydrogen-bond donors (Lipinski definition) is 2. The molecule has 0 aliphatic heterocycles. The second kappa shape index (κ2) is 6.21. The van der Waals surface area contributed by atoms with Crippen molar-refractivity contribution < 1.29 is 18.0 Å². The van der Waals surface area contributed by atoms with E-state index in [2.05, 4.69) is 31.4 Å². The van der Waals surface area contributed by atoms with Crippen LogP contribution in [0.2, 0.25) is 0 Å². The lowest BCUT2D eigenvalue weighted by Gasteiger charge is -2.05. The summed E-state index contributed by atoms with van der Waals surface area (Å²) in [4.78, 5) is 11.1. The van der Waals surface area contributed by atoms with Crippen molar-refractivity contribution in [1.82, 2.24) is 10.2 Å². The molecule has 1 aromatic carbocycles. The van der Waals surface area contributed by atoms with Gasteiger partial charge in [-0.1, -0.05) is 0 Å². The quantitative estimate of drug-likeness (QED) is 0.704. The number of aromatic nitrogens is 2. The maximum Gasteiger partial charge on any atom is 0.283 e. The zero-order valence-electron chi connectivity index (χ0n) is 11.5. The number of nitrogens with two attached hydrogens (primary N) is 1. The minimum atomic E-state index is -0.838. The number of benzene rings is 1. The van der Waals surface area contributed by atoms with Crippen LogP contribution in [0.1, 0.15) is 16.2 Å². The van der Waals surface area contributed by atoms with Crippen LogP contribution in [0.15, 0.2) is 43.8 Å². The predicted octanol–water partition coefficient (Wildman–Crippen LogP) is 2.94. The summed E-state index contributed by atoms with van der Waals surface area (Å²) in [5.74, 6) is -0.531. The highest BCUT2D eigenvalue weighted by atomic mass is 79.9. The fourth-order valence-corrected chi connectivity index (χ4v) is 2.16. The zero-order chi connectivity index (χ0) is 16.4. The van der Waals surface area contributed by atoms with Gasteiger partial charge in [-0.2, -0.15) is 0 Å². The van der Waals surface area contributed by atoms with Crippen molar-refractivity contribution in [3.8, 4) is 11.7 Å². The summed E-state index contributed by atoms with van der Waals surface area (Å²) in [6.45, 7) is 0.193. The Morgan fingerprint density at radius 1 is 1.26 bits per heavy atom. The van der Waals surface area contributed by atoms with Crippen molar-refractivity contribution >= 4 is 27.5 Å². The number of nitrogens with zero attached hydrogens (tertiary/aromatic N) is 2. The van der Waals surface area contributed by atoms with E-state index >= 15 is 0 Å². The summed E-state index contributed by atoms with van der Waals surface area (Å²) in [7, 11) is 0. The largest absolute Gasteiger partial charge is 0.444 e. The molecule has 1 amide bonds. The third-order valence-electron chi connectivity index (χ3n) is 2.93. The molecule has 3 aromatic rings. The van der Waals surface area contributed by atoms with Gasteiger partial charge in [-0.3, -0.25) is 4.79 Å². The number of amides is 1. The molecule has 0 saturated carbocycles. The second-order valence-corrected chi connectivity index (χ2v) is 5.30. The fourth-order valence-electron chi connectivity index (χ4n) is 1.86. The number of carbonyl (C=O) groups is 1. The van der Waals surface area contributed by atoms with Gasteiger partial charge >= 0.3 is 0 Å². The van der Waals surface area contributed by atoms with E-state index in [1.807, 2.05) is 0 Å². The van der Waals surface area contributed by atoms with E-state index in [0.717, 1.165) is 6.07 Å². The van der Waals surface area contributed by atoms with E-state index in [-0.39, 0.29) is 18.0 Å². The molecular weight excluding hydrogens is 371 g/mol. The molecule has 118 valence electrons. The SMILES string of the molecule is NC(=O)c1cc(NCc2nnc(-c3ccc(Br)o3)o2)ccc1F. The van der Waals surface area contributed by atoms with E-state index in [1.54, 1.807) is 12.1 Å². The van der Waals surface area contributed by atoms with Gasteiger partial charge in [0.05, 0.1) is 12.1 Å². The number of hydrogen-bond acceptors (Lipinski definition) is 6. The number of furan rings is 1.